The molecule has 9 aromatic carbocycles. The SMILES string of the molecule is c1ccc(-c2ccc(N(c3ccccc3-c3cccc4cccc(C5CCCCC5)c34)c3ccccc3-c3cccc4c3c3ccccc3n4-c3ccccc3)cc2)cc1. The molecular weight excluding hydrogens is 725 g/mol. The molecule has 2 heteroatoms. The molecule has 0 N–H and O–H groups in total. The summed E-state index contributed by atoms with van der Waals surface area (Å²) >= 11 is 0. The molecule has 2 nitrogen and oxygen atoms in total. The summed E-state index contributed by atoms with van der Waals surface area (Å²) in [5.74, 6) is 0.580. The zero-order chi connectivity index (χ0) is 39.8. The highest BCUT2D eigenvalue weighted by Gasteiger charge is 2.25. The number of anilines is 3. The quantitative estimate of drug-likeness (QED) is 0.149. The van der Waals surface area contributed by atoms with Crippen LogP contribution in [0.3, 0.4) is 0 Å². The van der Waals surface area contributed by atoms with Crippen molar-refractivity contribution in [3.8, 4) is 39.1 Å². The van der Waals surface area contributed by atoms with Gasteiger partial charge in [0.2, 0.25) is 0 Å². The molecule has 288 valence electrons. The summed E-state index contributed by atoms with van der Waals surface area (Å²) < 4.78 is 2.41. The van der Waals surface area contributed by atoms with Gasteiger partial charge in [0.25, 0.3) is 0 Å². The van der Waals surface area contributed by atoms with Crippen LogP contribution >= 0.6 is 0 Å². The lowest BCUT2D eigenvalue weighted by Crippen LogP contribution is -2.12. The molecule has 11 rings (SSSR count). The van der Waals surface area contributed by atoms with Crippen LogP contribution in [0.2, 0.25) is 0 Å². The number of hydrogen-bond acceptors (Lipinski definition) is 1. The zero-order valence-electron chi connectivity index (χ0n) is 33.7. The summed E-state index contributed by atoms with van der Waals surface area (Å²) in [5, 5.41) is 5.20. The van der Waals surface area contributed by atoms with Gasteiger partial charge in [-0.15, -0.1) is 0 Å². The fraction of sp³-hybridized carbons (Fsp3) is 0.103. The van der Waals surface area contributed by atoms with Gasteiger partial charge in [0, 0.05) is 33.3 Å². The fourth-order valence-corrected chi connectivity index (χ4v) is 10.1. The molecule has 1 heterocycles. The summed E-state index contributed by atoms with van der Waals surface area (Å²) in [4.78, 5) is 2.51. The summed E-state index contributed by atoms with van der Waals surface area (Å²) in [6.45, 7) is 0. The van der Waals surface area contributed by atoms with E-state index in [1.807, 2.05) is 0 Å². The van der Waals surface area contributed by atoms with Crippen LogP contribution in [0.25, 0.3) is 71.6 Å². The van der Waals surface area contributed by atoms with E-state index in [4.69, 9.17) is 0 Å². The van der Waals surface area contributed by atoms with Crippen LogP contribution in [0, 0.1) is 0 Å². The number of aromatic nitrogens is 1. The highest BCUT2D eigenvalue weighted by molar-refractivity contribution is 6.17. The summed E-state index contributed by atoms with van der Waals surface area (Å²) in [6, 6.07) is 78.2. The van der Waals surface area contributed by atoms with Crippen LogP contribution in [0.4, 0.5) is 17.1 Å². The second-order valence-corrected chi connectivity index (χ2v) is 16.3. The Labute approximate surface area is 352 Å². The first-order valence-corrected chi connectivity index (χ1v) is 21.6. The van der Waals surface area contributed by atoms with Crippen molar-refractivity contribution in [3.63, 3.8) is 0 Å². The first kappa shape index (κ1) is 36.0. The van der Waals surface area contributed by atoms with Crippen molar-refractivity contribution in [2.75, 3.05) is 4.90 Å². The molecule has 0 aliphatic heterocycles. The Morgan fingerprint density at radius 3 is 1.63 bits per heavy atom. The average molecular weight is 771 g/mol. The molecule has 60 heavy (non-hydrogen) atoms. The van der Waals surface area contributed by atoms with E-state index in [2.05, 4.69) is 222 Å². The van der Waals surface area contributed by atoms with Gasteiger partial charge in [-0.1, -0.05) is 183 Å². The van der Waals surface area contributed by atoms with E-state index in [1.165, 1.54) is 104 Å². The van der Waals surface area contributed by atoms with Crippen molar-refractivity contribution < 1.29 is 0 Å². The maximum Gasteiger partial charge on any atom is 0.0547 e. The topological polar surface area (TPSA) is 8.17 Å². The zero-order valence-corrected chi connectivity index (χ0v) is 33.7. The van der Waals surface area contributed by atoms with Crippen molar-refractivity contribution in [3.05, 3.63) is 218 Å². The van der Waals surface area contributed by atoms with Crippen molar-refractivity contribution in [2.45, 2.75) is 38.0 Å². The van der Waals surface area contributed by atoms with Gasteiger partial charge in [0.1, 0.15) is 0 Å². The predicted molar refractivity (Wildman–Crippen MR) is 255 cm³/mol. The average Bonchev–Trinajstić information content (AvgIpc) is 3.67. The fourth-order valence-electron chi connectivity index (χ4n) is 10.1. The second kappa shape index (κ2) is 15.5. The van der Waals surface area contributed by atoms with Gasteiger partial charge in [-0.2, -0.15) is 0 Å². The Balaban J connectivity index is 1.16. The lowest BCUT2D eigenvalue weighted by Gasteiger charge is -2.31. The molecule has 1 aliphatic carbocycles. The molecule has 0 amide bonds. The molecule has 0 radical (unpaired) electrons. The van der Waals surface area contributed by atoms with Crippen LogP contribution in [0.1, 0.15) is 43.6 Å². The van der Waals surface area contributed by atoms with Gasteiger partial charge < -0.3 is 9.47 Å². The Morgan fingerprint density at radius 1 is 0.383 bits per heavy atom. The highest BCUT2D eigenvalue weighted by Crippen LogP contribution is 2.49. The molecule has 1 fully saturated rings. The normalized spacial score (nSPS) is 13.3. The maximum atomic E-state index is 2.51. The third-order valence-corrected chi connectivity index (χ3v) is 12.8. The van der Waals surface area contributed by atoms with Crippen LogP contribution in [-0.4, -0.2) is 4.57 Å². The van der Waals surface area contributed by atoms with Crippen LogP contribution in [-0.2, 0) is 0 Å². The monoisotopic (exact) mass is 770 g/mol. The van der Waals surface area contributed by atoms with Gasteiger partial charge in [-0.3, -0.25) is 0 Å². The van der Waals surface area contributed by atoms with Crippen molar-refractivity contribution >= 4 is 49.6 Å². The molecule has 0 atom stereocenters. The lowest BCUT2D eigenvalue weighted by molar-refractivity contribution is 0.445. The van der Waals surface area contributed by atoms with E-state index < -0.39 is 0 Å². The molecule has 0 saturated heterocycles. The first-order valence-electron chi connectivity index (χ1n) is 21.6. The van der Waals surface area contributed by atoms with Crippen molar-refractivity contribution in [1.82, 2.24) is 4.57 Å². The van der Waals surface area contributed by atoms with E-state index in [0.717, 1.165) is 22.7 Å². The standard InChI is InChI=1S/C58H46N2/c1-4-19-41(20-5-1)42-37-39-46(40-38-42)59(53-33-13-10-27-48(53)50-31-17-24-44-23-16-30-47(57(44)50)43-21-6-2-7-22-43)54-34-14-11-28-49(54)51-32-18-36-56-58(51)52-29-12-15-35-55(52)60(56)45-25-8-3-9-26-45/h1,3-5,8-20,23-40,43H,2,6-7,21-22H2. The smallest absolute Gasteiger partial charge is 0.0547 e. The minimum atomic E-state index is 0.580. The maximum absolute atomic E-state index is 2.51. The molecule has 0 bridgehead atoms. The van der Waals surface area contributed by atoms with E-state index in [9.17, 15) is 0 Å². The van der Waals surface area contributed by atoms with Gasteiger partial charge >= 0.3 is 0 Å². The number of nitrogens with zero attached hydrogens (tertiary/aromatic N) is 2. The number of hydrogen-bond donors (Lipinski definition) is 0. The molecule has 0 spiro atoms. The third-order valence-electron chi connectivity index (χ3n) is 12.8. The highest BCUT2D eigenvalue weighted by atomic mass is 15.1. The van der Waals surface area contributed by atoms with E-state index in [0.29, 0.717) is 5.92 Å². The first-order chi connectivity index (χ1) is 29.8. The lowest BCUT2D eigenvalue weighted by atomic mass is 9.80. The minimum Gasteiger partial charge on any atom is -0.309 e. The Bertz CT molecular complexity index is 3110. The minimum absolute atomic E-state index is 0.580. The van der Waals surface area contributed by atoms with Crippen LogP contribution < -0.4 is 4.90 Å². The Hall–Kier alpha value is -7.16. The number of fused-ring (bicyclic) bond motifs is 4. The van der Waals surface area contributed by atoms with Crippen LogP contribution in [0.15, 0.2) is 212 Å². The predicted octanol–water partition coefficient (Wildman–Crippen LogP) is 16.5. The van der Waals surface area contributed by atoms with Crippen molar-refractivity contribution in [2.24, 2.45) is 0 Å². The number of rotatable bonds is 8. The number of para-hydroxylation sites is 4. The van der Waals surface area contributed by atoms with E-state index in [1.54, 1.807) is 0 Å². The van der Waals surface area contributed by atoms with Crippen LogP contribution in [0.5, 0.6) is 0 Å². The molecular formula is C58H46N2. The van der Waals surface area contributed by atoms with Gasteiger partial charge in [0.15, 0.2) is 0 Å². The van der Waals surface area contributed by atoms with Gasteiger partial charge in [-0.25, -0.2) is 0 Å². The van der Waals surface area contributed by atoms with E-state index >= 15 is 0 Å². The summed E-state index contributed by atoms with van der Waals surface area (Å²) in [6.07, 6.45) is 6.47. The third kappa shape index (κ3) is 6.28. The summed E-state index contributed by atoms with van der Waals surface area (Å²) in [7, 11) is 0. The molecule has 1 aromatic heterocycles. The molecule has 1 saturated carbocycles. The number of benzene rings is 9. The molecule has 10 aromatic rings. The summed E-state index contributed by atoms with van der Waals surface area (Å²) in [5.41, 5.74) is 15.8. The molecule has 1 aliphatic rings. The largest absolute Gasteiger partial charge is 0.309 e. The van der Waals surface area contributed by atoms with E-state index in [-0.39, 0.29) is 0 Å². The Morgan fingerprint density at radius 2 is 0.917 bits per heavy atom. The van der Waals surface area contributed by atoms with Crippen molar-refractivity contribution in [1.29, 1.82) is 0 Å². The second-order valence-electron chi connectivity index (χ2n) is 16.3. The molecule has 0 unspecified atom stereocenters. The van der Waals surface area contributed by atoms with Gasteiger partial charge in [0.05, 0.1) is 22.4 Å². The van der Waals surface area contributed by atoms with Gasteiger partial charge in [-0.05, 0) is 106 Å². The Kier molecular flexibility index (Phi) is 9.32.